The Morgan fingerprint density at radius 2 is 2.38 bits per heavy atom. The molecular formula is C12H20N2OS. The quantitative estimate of drug-likeness (QED) is 0.801. The Morgan fingerprint density at radius 1 is 1.62 bits per heavy atom. The predicted molar refractivity (Wildman–Crippen MR) is 66.6 cm³/mol. The van der Waals surface area contributed by atoms with Crippen LogP contribution < -0.4 is 5.32 Å². The van der Waals surface area contributed by atoms with Gasteiger partial charge in [0, 0.05) is 23.6 Å². The highest BCUT2D eigenvalue weighted by molar-refractivity contribution is 7.09. The number of nitrogens with zero attached hydrogens (tertiary/aromatic N) is 1. The highest BCUT2D eigenvalue weighted by Gasteiger charge is 2.31. The molecule has 1 heterocycles. The van der Waals surface area contributed by atoms with Crippen molar-refractivity contribution in [3.8, 4) is 0 Å². The first-order valence-corrected chi connectivity index (χ1v) is 6.87. The van der Waals surface area contributed by atoms with E-state index in [0.29, 0.717) is 12.1 Å². The van der Waals surface area contributed by atoms with Crippen molar-refractivity contribution in [2.24, 2.45) is 5.92 Å². The minimum Gasteiger partial charge on any atom is -0.396 e. The van der Waals surface area contributed by atoms with E-state index in [4.69, 9.17) is 5.11 Å². The lowest BCUT2D eigenvalue weighted by molar-refractivity contribution is 0.250. The molecule has 2 atom stereocenters. The molecular weight excluding hydrogens is 220 g/mol. The van der Waals surface area contributed by atoms with E-state index in [1.165, 1.54) is 17.7 Å². The van der Waals surface area contributed by atoms with Crippen molar-refractivity contribution in [2.75, 3.05) is 6.61 Å². The molecule has 0 aliphatic heterocycles. The largest absolute Gasteiger partial charge is 0.396 e. The molecule has 1 aromatic heterocycles. The van der Waals surface area contributed by atoms with Gasteiger partial charge in [-0.15, -0.1) is 11.3 Å². The maximum Gasteiger partial charge on any atom is 0.0798 e. The van der Waals surface area contributed by atoms with E-state index in [1.807, 2.05) is 5.51 Å². The maximum atomic E-state index is 9.06. The second-order valence-electron chi connectivity index (χ2n) is 4.65. The average molecular weight is 240 g/mol. The summed E-state index contributed by atoms with van der Waals surface area (Å²) in [7, 11) is 0. The molecule has 0 aromatic carbocycles. The number of hydrogen-bond donors (Lipinski definition) is 2. The summed E-state index contributed by atoms with van der Waals surface area (Å²) in [6, 6.07) is 0.825. The summed E-state index contributed by atoms with van der Waals surface area (Å²) in [5.74, 6) is 0.780. The number of rotatable bonds is 6. The van der Waals surface area contributed by atoms with Crippen LogP contribution in [-0.2, 0) is 0 Å². The Kier molecular flexibility index (Phi) is 3.95. The maximum absolute atomic E-state index is 9.06. The standard InChI is InChI=1S/C12H20N2OS/c1-8-12(16-7-13-8)9(2)14-11(5-6-15)10-3-4-10/h7,9-11,14-15H,3-6H2,1-2H3. The summed E-state index contributed by atoms with van der Waals surface area (Å²) in [4.78, 5) is 5.60. The van der Waals surface area contributed by atoms with Crippen LogP contribution >= 0.6 is 11.3 Å². The van der Waals surface area contributed by atoms with Gasteiger partial charge in [-0.2, -0.15) is 0 Å². The van der Waals surface area contributed by atoms with Crippen LogP contribution in [0, 0.1) is 12.8 Å². The molecule has 1 fully saturated rings. The number of thiazole rings is 1. The molecule has 0 spiro atoms. The van der Waals surface area contributed by atoms with E-state index in [2.05, 4.69) is 24.1 Å². The fraction of sp³-hybridized carbons (Fsp3) is 0.750. The lowest BCUT2D eigenvalue weighted by Gasteiger charge is -2.22. The molecule has 2 rings (SSSR count). The second-order valence-corrected chi connectivity index (χ2v) is 5.53. The van der Waals surface area contributed by atoms with Crippen molar-refractivity contribution in [3.05, 3.63) is 16.1 Å². The van der Waals surface area contributed by atoms with E-state index < -0.39 is 0 Å². The molecule has 4 heteroatoms. The molecule has 2 N–H and O–H groups in total. The Bertz CT molecular complexity index is 336. The van der Waals surface area contributed by atoms with Gasteiger partial charge in [-0.25, -0.2) is 4.98 Å². The van der Waals surface area contributed by atoms with Crippen molar-refractivity contribution in [1.82, 2.24) is 10.3 Å². The third-order valence-electron chi connectivity index (χ3n) is 3.27. The van der Waals surface area contributed by atoms with Crippen LogP contribution in [0.2, 0.25) is 0 Å². The van der Waals surface area contributed by atoms with E-state index >= 15 is 0 Å². The van der Waals surface area contributed by atoms with Crippen LogP contribution in [0.3, 0.4) is 0 Å². The summed E-state index contributed by atoms with van der Waals surface area (Å²) in [5, 5.41) is 12.7. The Hall–Kier alpha value is -0.450. The molecule has 0 radical (unpaired) electrons. The molecule has 1 aromatic rings. The first kappa shape index (κ1) is 12.0. The Balaban J connectivity index is 1.94. The van der Waals surface area contributed by atoms with Crippen LogP contribution in [0.5, 0.6) is 0 Å². The SMILES string of the molecule is Cc1ncsc1C(C)NC(CCO)C1CC1. The molecule has 1 aliphatic rings. The Labute approximate surface area is 101 Å². The summed E-state index contributed by atoms with van der Waals surface area (Å²) in [5.41, 5.74) is 3.03. The zero-order valence-electron chi connectivity index (χ0n) is 9.94. The van der Waals surface area contributed by atoms with Gasteiger partial charge in [-0.1, -0.05) is 0 Å². The van der Waals surface area contributed by atoms with Crippen LogP contribution in [0.1, 0.15) is 42.8 Å². The van der Waals surface area contributed by atoms with Crippen molar-refractivity contribution in [1.29, 1.82) is 0 Å². The van der Waals surface area contributed by atoms with Crippen molar-refractivity contribution in [2.45, 2.75) is 45.2 Å². The van der Waals surface area contributed by atoms with E-state index in [9.17, 15) is 0 Å². The molecule has 3 nitrogen and oxygen atoms in total. The van der Waals surface area contributed by atoms with Crippen LogP contribution in [0.4, 0.5) is 0 Å². The van der Waals surface area contributed by atoms with E-state index in [-0.39, 0.29) is 6.61 Å². The van der Waals surface area contributed by atoms with Gasteiger partial charge >= 0.3 is 0 Å². The average Bonchev–Trinajstić information content (AvgIpc) is 3.00. The minimum atomic E-state index is 0.280. The predicted octanol–water partition coefficient (Wildman–Crippen LogP) is 2.26. The first-order chi connectivity index (χ1) is 7.72. The number of nitrogens with one attached hydrogen (secondary N) is 1. The molecule has 0 amide bonds. The summed E-state index contributed by atoms with van der Waals surface area (Å²) in [6.07, 6.45) is 3.49. The van der Waals surface area contributed by atoms with Crippen LogP contribution in [0.25, 0.3) is 0 Å². The number of aryl methyl sites for hydroxylation is 1. The van der Waals surface area contributed by atoms with Gasteiger partial charge in [-0.05, 0) is 39.0 Å². The fourth-order valence-corrected chi connectivity index (χ4v) is 3.04. The first-order valence-electron chi connectivity index (χ1n) is 5.99. The smallest absolute Gasteiger partial charge is 0.0798 e. The zero-order valence-corrected chi connectivity index (χ0v) is 10.8. The van der Waals surface area contributed by atoms with Crippen LogP contribution in [-0.4, -0.2) is 22.7 Å². The third kappa shape index (κ3) is 2.81. The van der Waals surface area contributed by atoms with Gasteiger partial charge in [0.2, 0.25) is 0 Å². The second kappa shape index (κ2) is 5.25. The molecule has 2 unspecified atom stereocenters. The highest BCUT2D eigenvalue weighted by atomic mass is 32.1. The van der Waals surface area contributed by atoms with Gasteiger partial charge in [0.15, 0.2) is 0 Å². The van der Waals surface area contributed by atoms with Gasteiger partial charge < -0.3 is 10.4 Å². The normalized spacial score (nSPS) is 19.7. The summed E-state index contributed by atoms with van der Waals surface area (Å²) < 4.78 is 0. The van der Waals surface area contributed by atoms with Gasteiger partial charge in [-0.3, -0.25) is 0 Å². The number of hydrogen-bond acceptors (Lipinski definition) is 4. The van der Waals surface area contributed by atoms with Crippen molar-refractivity contribution >= 4 is 11.3 Å². The molecule has 1 saturated carbocycles. The number of aliphatic hydroxyl groups is 1. The van der Waals surface area contributed by atoms with Gasteiger partial charge in [0.1, 0.15) is 0 Å². The molecule has 1 aliphatic carbocycles. The molecule has 0 bridgehead atoms. The summed E-state index contributed by atoms with van der Waals surface area (Å²) >= 11 is 1.71. The summed E-state index contributed by atoms with van der Waals surface area (Å²) in [6.45, 7) is 4.53. The van der Waals surface area contributed by atoms with Crippen molar-refractivity contribution in [3.63, 3.8) is 0 Å². The fourth-order valence-electron chi connectivity index (χ4n) is 2.22. The monoisotopic (exact) mass is 240 g/mol. The number of aliphatic hydroxyl groups excluding tert-OH is 1. The molecule has 0 saturated heterocycles. The van der Waals surface area contributed by atoms with Crippen LogP contribution in [0.15, 0.2) is 5.51 Å². The molecule has 16 heavy (non-hydrogen) atoms. The topological polar surface area (TPSA) is 45.2 Å². The third-order valence-corrected chi connectivity index (χ3v) is 4.38. The Morgan fingerprint density at radius 3 is 2.88 bits per heavy atom. The lowest BCUT2D eigenvalue weighted by Crippen LogP contribution is -2.34. The van der Waals surface area contributed by atoms with Gasteiger partial charge in [0.25, 0.3) is 0 Å². The van der Waals surface area contributed by atoms with E-state index in [1.54, 1.807) is 11.3 Å². The van der Waals surface area contributed by atoms with Gasteiger partial charge in [0.05, 0.1) is 11.2 Å². The number of aromatic nitrogens is 1. The van der Waals surface area contributed by atoms with Crippen molar-refractivity contribution < 1.29 is 5.11 Å². The molecule has 90 valence electrons. The zero-order chi connectivity index (χ0) is 11.5. The lowest BCUT2D eigenvalue weighted by atomic mass is 10.1. The van der Waals surface area contributed by atoms with E-state index in [0.717, 1.165) is 18.0 Å². The highest BCUT2D eigenvalue weighted by Crippen LogP contribution is 2.35. The minimum absolute atomic E-state index is 0.280.